The van der Waals surface area contributed by atoms with Gasteiger partial charge in [-0.2, -0.15) is 5.10 Å². The van der Waals surface area contributed by atoms with Crippen molar-refractivity contribution in [2.75, 3.05) is 19.6 Å². The first-order chi connectivity index (χ1) is 11.2. The highest BCUT2D eigenvalue weighted by Gasteiger charge is 2.52. The Bertz CT molecular complexity index is 795. The van der Waals surface area contributed by atoms with Gasteiger partial charge in [-0.1, -0.05) is 0 Å². The van der Waals surface area contributed by atoms with Crippen LogP contribution >= 0.6 is 12.4 Å². The van der Waals surface area contributed by atoms with Crippen molar-refractivity contribution in [3.63, 3.8) is 0 Å². The minimum atomic E-state index is -0.0618. The zero-order chi connectivity index (χ0) is 15.4. The summed E-state index contributed by atoms with van der Waals surface area (Å²) in [6.07, 6.45) is 5.26. The highest BCUT2D eigenvalue weighted by molar-refractivity contribution is 5.88. The molecule has 1 spiro atoms. The summed E-state index contributed by atoms with van der Waals surface area (Å²) in [5, 5.41) is 5.40. The lowest BCUT2D eigenvalue weighted by atomic mass is 9.74. The number of halogens is 1. The molecular formula is C17H22ClN5O. The number of hydroxylamine groups is 1. The topological polar surface area (TPSA) is 54.7 Å². The molecule has 0 amide bonds. The van der Waals surface area contributed by atoms with Gasteiger partial charge in [0.15, 0.2) is 0 Å². The van der Waals surface area contributed by atoms with Crippen molar-refractivity contribution in [1.82, 2.24) is 20.2 Å². The summed E-state index contributed by atoms with van der Waals surface area (Å²) in [4.78, 5) is 13.3. The van der Waals surface area contributed by atoms with Crippen LogP contribution in [0, 0.1) is 5.92 Å². The highest BCUT2D eigenvalue weighted by Crippen LogP contribution is 2.42. The summed E-state index contributed by atoms with van der Waals surface area (Å²) < 4.78 is 1.88. The van der Waals surface area contributed by atoms with E-state index in [1.54, 1.807) is 0 Å². The molecule has 0 radical (unpaired) electrons. The maximum absolute atomic E-state index is 6.05. The van der Waals surface area contributed by atoms with Gasteiger partial charge in [0.05, 0.1) is 17.4 Å². The van der Waals surface area contributed by atoms with Crippen LogP contribution in [-0.4, -0.2) is 45.8 Å². The molecule has 1 N–H and O–H groups in total. The van der Waals surface area contributed by atoms with Gasteiger partial charge in [-0.25, -0.2) is 4.99 Å². The number of aliphatic imine (C=N–C) groups is 1. The van der Waals surface area contributed by atoms with Gasteiger partial charge in [-0.3, -0.25) is 15.0 Å². The van der Waals surface area contributed by atoms with Gasteiger partial charge in [0.1, 0.15) is 11.4 Å². The van der Waals surface area contributed by atoms with E-state index >= 15 is 0 Å². The molecule has 1 aromatic carbocycles. The molecule has 4 aliphatic rings. The first-order valence-electron chi connectivity index (χ1n) is 8.38. The summed E-state index contributed by atoms with van der Waals surface area (Å²) in [5.74, 6) is 1.61. The molecule has 7 heteroatoms. The van der Waals surface area contributed by atoms with E-state index in [2.05, 4.69) is 27.6 Å². The molecule has 4 aliphatic heterocycles. The third-order valence-corrected chi connectivity index (χ3v) is 5.66. The maximum atomic E-state index is 6.05. The molecule has 6 nitrogen and oxygen atoms in total. The van der Waals surface area contributed by atoms with Crippen LogP contribution in [0.4, 0.5) is 5.69 Å². The fourth-order valence-corrected chi connectivity index (χ4v) is 4.40. The van der Waals surface area contributed by atoms with Crippen LogP contribution in [-0.2, 0) is 11.9 Å². The Labute approximate surface area is 147 Å². The lowest BCUT2D eigenvalue weighted by Gasteiger charge is -2.49. The second-order valence-electron chi connectivity index (χ2n) is 7.07. The van der Waals surface area contributed by atoms with E-state index in [-0.39, 0.29) is 18.0 Å². The minimum absolute atomic E-state index is 0. The van der Waals surface area contributed by atoms with E-state index < -0.39 is 0 Å². The molecular weight excluding hydrogens is 326 g/mol. The van der Waals surface area contributed by atoms with E-state index in [0.29, 0.717) is 5.92 Å². The van der Waals surface area contributed by atoms with E-state index in [1.807, 2.05) is 24.0 Å². The number of fused-ring (bicyclic) bond motifs is 3. The van der Waals surface area contributed by atoms with Crippen LogP contribution in [0.15, 0.2) is 29.4 Å². The van der Waals surface area contributed by atoms with Crippen molar-refractivity contribution < 1.29 is 4.84 Å². The third-order valence-electron chi connectivity index (χ3n) is 5.66. The first kappa shape index (κ1) is 15.9. The number of nitrogens with zero attached hydrogens (tertiary/aromatic N) is 4. The highest BCUT2D eigenvalue weighted by atomic mass is 35.5. The molecule has 24 heavy (non-hydrogen) atoms. The largest absolute Gasteiger partial charge is 0.300 e. The quantitative estimate of drug-likeness (QED) is 0.860. The summed E-state index contributed by atoms with van der Waals surface area (Å²) in [6, 6.07) is 6.19. The molecule has 0 unspecified atom stereocenters. The lowest BCUT2D eigenvalue weighted by Crippen LogP contribution is -2.59. The number of aryl methyl sites for hydroxylation is 1. The molecule has 4 fully saturated rings. The number of piperidine rings is 3. The molecule has 128 valence electrons. The molecule has 2 aromatic rings. The third kappa shape index (κ3) is 2.41. The average molecular weight is 348 g/mol. The Morgan fingerprint density at radius 1 is 1.33 bits per heavy atom. The van der Waals surface area contributed by atoms with E-state index in [9.17, 15) is 0 Å². The number of rotatable bonds is 1. The second-order valence-corrected chi connectivity index (χ2v) is 7.07. The van der Waals surface area contributed by atoms with Crippen molar-refractivity contribution in [1.29, 1.82) is 0 Å². The van der Waals surface area contributed by atoms with Gasteiger partial charge in [-0.05, 0) is 50.0 Å². The number of amidine groups is 1. The van der Waals surface area contributed by atoms with E-state index in [4.69, 9.17) is 9.83 Å². The minimum Gasteiger partial charge on any atom is -0.300 e. The van der Waals surface area contributed by atoms with E-state index in [0.717, 1.165) is 35.4 Å². The first-order valence-corrected chi connectivity index (χ1v) is 8.38. The maximum Gasteiger partial charge on any atom is 0.129 e. The van der Waals surface area contributed by atoms with Crippen molar-refractivity contribution in [2.24, 2.45) is 18.0 Å². The molecule has 0 aliphatic carbocycles. The average Bonchev–Trinajstić information content (AvgIpc) is 3.13. The molecule has 0 saturated carbocycles. The summed E-state index contributed by atoms with van der Waals surface area (Å²) in [7, 11) is 1.96. The molecule has 1 atom stereocenters. The number of benzene rings is 1. The lowest BCUT2D eigenvalue weighted by molar-refractivity contribution is -0.150. The van der Waals surface area contributed by atoms with Gasteiger partial charge in [0, 0.05) is 25.4 Å². The van der Waals surface area contributed by atoms with Gasteiger partial charge >= 0.3 is 0 Å². The number of hydrogen-bond donors (Lipinski definition) is 1. The fourth-order valence-electron chi connectivity index (χ4n) is 4.40. The smallest absolute Gasteiger partial charge is 0.129 e. The Morgan fingerprint density at radius 2 is 2.17 bits per heavy atom. The van der Waals surface area contributed by atoms with Crippen molar-refractivity contribution in [3.05, 3.63) is 24.4 Å². The van der Waals surface area contributed by atoms with Gasteiger partial charge < -0.3 is 4.90 Å². The predicted molar refractivity (Wildman–Crippen MR) is 95.8 cm³/mol. The molecule has 2 bridgehead atoms. The predicted octanol–water partition coefficient (Wildman–Crippen LogP) is 2.41. The number of aromatic nitrogens is 2. The van der Waals surface area contributed by atoms with Gasteiger partial charge in [0.25, 0.3) is 0 Å². The van der Waals surface area contributed by atoms with E-state index in [1.165, 1.54) is 25.9 Å². The Balaban J connectivity index is 0.00000146. The SMILES string of the molecule is Cl.Cn1ncc2cc(N=C3C[C@@]4(CN5CCC4CC5)ON3)ccc21. The zero-order valence-electron chi connectivity index (χ0n) is 13.7. The van der Waals surface area contributed by atoms with Crippen LogP contribution in [0.3, 0.4) is 0 Å². The molecule has 5 heterocycles. The van der Waals surface area contributed by atoms with Gasteiger partial charge in [0.2, 0.25) is 0 Å². The zero-order valence-corrected chi connectivity index (χ0v) is 14.6. The monoisotopic (exact) mass is 347 g/mol. The Kier molecular flexibility index (Phi) is 3.78. The fraction of sp³-hybridized carbons (Fsp3) is 0.529. The summed E-state index contributed by atoms with van der Waals surface area (Å²) in [5.41, 5.74) is 5.12. The molecule has 4 saturated heterocycles. The van der Waals surface area contributed by atoms with Crippen LogP contribution in [0.25, 0.3) is 10.9 Å². The Hall–Kier alpha value is -1.63. The summed E-state index contributed by atoms with van der Waals surface area (Å²) >= 11 is 0. The number of nitrogens with one attached hydrogen (secondary N) is 1. The molecule has 1 aromatic heterocycles. The van der Waals surface area contributed by atoms with Crippen LogP contribution < -0.4 is 5.48 Å². The second kappa shape index (κ2) is 5.72. The van der Waals surface area contributed by atoms with Crippen molar-refractivity contribution >= 4 is 34.8 Å². The van der Waals surface area contributed by atoms with Gasteiger partial charge in [-0.15, -0.1) is 12.4 Å². The normalized spacial score (nSPS) is 33.1. The van der Waals surface area contributed by atoms with Crippen molar-refractivity contribution in [3.8, 4) is 0 Å². The summed E-state index contributed by atoms with van der Waals surface area (Å²) in [6.45, 7) is 3.48. The van der Waals surface area contributed by atoms with Crippen LogP contribution in [0.5, 0.6) is 0 Å². The standard InChI is InChI=1S/C17H21N5O.ClH/c1-21-15-3-2-14(8-12(15)10-18-21)19-16-9-17(23-20-16)11-22-6-4-13(17)5-7-22;/h2-3,8,10,13H,4-7,9,11H2,1H3,(H,19,20);1H/t17-;/m0./s1. The van der Waals surface area contributed by atoms with Crippen LogP contribution in [0.2, 0.25) is 0 Å². The van der Waals surface area contributed by atoms with Crippen LogP contribution in [0.1, 0.15) is 19.3 Å². The molecule has 6 rings (SSSR count). The Morgan fingerprint density at radius 3 is 2.92 bits per heavy atom. The van der Waals surface area contributed by atoms with Crippen molar-refractivity contribution in [2.45, 2.75) is 24.9 Å². The number of hydrogen-bond acceptors (Lipinski definition) is 4.